The fraction of sp³-hybridized carbons (Fsp3) is 0.0909. The van der Waals surface area contributed by atoms with Crippen LogP contribution in [0.25, 0.3) is 27.8 Å². The number of fused-ring (bicyclic) bond motifs is 2. The summed E-state index contributed by atoms with van der Waals surface area (Å²) in [5.74, 6) is 0. The van der Waals surface area contributed by atoms with Gasteiger partial charge in [0.2, 0.25) is 0 Å². The molecule has 1 aliphatic heterocycles. The van der Waals surface area contributed by atoms with E-state index in [-0.39, 0.29) is 0 Å². The van der Waals surface area contributed by atoms with Crippen molar-refractivity contribution in [2.75, 3.05) is 0 Å². The highest BCUT2D eigenvalue weighted by molar-refractivity contribution is 7.99. The minimum atomic E-state index is 1.27. The molecule has 0 saturated carbocycles. The third-order valence-corrected chi connectivity index (χ3v) is 5.78. The summed E-state index contributed by atoms with van der Waals surface area (Å²) >= 11 is 1.88. The van der Waals surface area contributed by atoms with Gasteiger partial charge < -0.3 is 4.57 Å². The Morgan fingerprint density at radius 3 is 2.38 bits per heavy atom. The average Bonchev–Trinajstić information content (AvgIpc) is 2.96. The molecule has 0 atom stereocenters. The molecule has 3 aromatic carbocycles. The first-order chi connectivity index (χ1) is 11.7. The van der Waals surface area contributed by atoms with Crippen molar-refractivity contribution in [1.29, 1.82) is 0 Å². The summed E-state index contributed by atoms with van der Waals surface area (Å²) in [6.07, 6.45) is 0. The Hall–Kier alpha value is -2.45. The van der Waals surface area contributed by atoms with Crippen LogP contribution in [0, 0.1) is 13.8 Å². The third-order valence-electron chi connectivity index (χ3n) is 4.68. The summed E-state index contributed by atoms with van der Waals surface area (Å²) in [4.78, 5) is 2.67. The predicted octanol–water partition coefficient (Wildman–Crippen LogP) is 6.38. The number of rotatable bonds is 1. The lowest BCUT2D eigenvalue weighted by Crippen LogP contribution is -2.03. The van der Waals surface area contributed by atoms with E-state index >= 15 is 0 Å². The van der Waals surface area contributed by atoms with Crippen molar-refractivity contribution < 1.29 is 0 Å². The summed E-state index contributed by atoms with van der Waals surface area (Å²) in [5, 5.41) is 1.32. The summed E-state index contributed by atoms with van der Waals surface area (Å²) in [6.45, 7) is 4.32. The highest BCUT2D eigenvalue weighted by Gasteiger charge is 2.22. The van der Waals surface area contributed by atoms with Crippen LogP contribution in [0.5, 0.6) is 0 Å². The summed E-state index contributed by atoms with van der Waals surface area (Å²) in [7, 11) is 0. The second kappa shape index (κ2) is 5.02. The maximum absolute atomic E-state index is 2.43. The lowest BCUT2D eigenvalue weighted by atomic mass is 10.1. The van der Waals surface area contributed by atoms with Gasteiger partial charge in [-0.05, 0) is 55.3 Å². The van der Waals surface area contributed by atoms with Gasteiger partial charge in [0.15, 0.2) is 0 Å². The lowest BCUT2D eigenvalue weighted by molar-refractivity contribution is 1.06. The predicted molar refractivity (Wildman–Crippen MR) is 102 cm³/mol. The van der Waals surface area contributed by atoms with Crippen molar-refractivity contribution in [3.05, 3.63) is 77.9 Å². The van der Waals surface area contributed by atoms with E-state index in [1.807, 2.05) is 11.8 Å². The molecule has 0 unspecified atom stereocenters. The first kappa shape index (κ1) is 13.9. The third kappa shape index (κ3) is 1.96. The van der Waals surface area contributed by atoms with Crippen LogP contribution in [-0.4, -0.2) is 4.57 Å². The van der Waals surface area contributed by atoms with Crippen molar-refractivity contribution in [3.63, 3.8) is 0 Å². The monoisotopic (exact) mass is 327 g/mol. The highest BCUT2D eigenvalue weighted by Crippen LogP contribution is 2.46. The maximum atomic E-state index is 2.43. The molecule has 0 bridgehead atoms. The Kier molecular flexibility index (Phi) is 2.92. The van der Waals surface area contributed by atoms with E-state index in [9.17, 15) is 0 Å². The molecule has 4 aromatic rings. The van der Waals surface area contributed by atoms with Gasteiger partial charge in [0.25, 0.3) is 0 Å². The van der Waals surface area contributed by atoms with E-state index in [0.717, 1.165) is 0 Å². The lowest BCUT2D eigenvalue weighted by Gasteiger charge is -2.21. The van der Waals surface area contributed by atoms with E-state index in [2.05, 4.69) is 85.1 Å². The van der Waals surface area contributed by atoms with Crippen LogP contribution in [0.4, 0.5) is 0 Å². The van der Waals surface area contributed by atoms with Crippen molar-refractivity contribution in [2.45, 2.75) is 23.6 Å². The van der Waals surface area contributed by atoms with Gasteiger partial charge in [0.1, 0.15) is 0 Å². The topological polar surface area (TPSA) is 4.93 Å². The van der Waals surface area contributed by atoms with E-state index in [1.54, 1.807) is 0 Å². The number of benzene rings is 3. The van der Waals surface area contributed by atoms with E-state index in [4.69, 9.17) is 0 Å². The van der Waals surface area contributed by atoms with E-state index < -0.39 is 0 Å². The molecular formula is C22H17NS. The molecular weight excluding hydrogens is 310 g/mol. The van der Waals surface area contributed by atoms with E-state index in [0.29, 0.717) is 0 Å². The zero-order chi connectivity index (χ0) is 16.3. The standard InChI is InChI=1S/C22H17NS/c1-14-7-9-16(10-8-14)19-13-17-11-15(2)12-21-22(17)23(19)18-5-3-4-6-20(18)24-21/h3-13H,1-2H3. The van der Waals surface area contributed by atoms with Crippen molar-refractivity contribution in [2.24, 2.45) is 0 Å². The second-order valence-corrected chi connectivity index (χ2v) is 7.59. The van der Waals surface area contributed by atoms with E-state index in [1.165, 1.54) is 48.8 Å². The van der Waals surface area contributed by atoms with Gasteiger partial charge in [-0.1, -0.05) is 53.7 Å². The molecule has 1 nitrogen and oxygen atoms in total. The zero-order valence-corrected chi connectivity index (χ0v) is 14.5. The number of aryl methyl sites for hydroxylation is 2. The van der Waals surface area contributed by atoms with Crippen LogP contribution in [0.1, 0.15) is 11.1 Å². The van der Waals surface area contributed by atoms with Gasteiger partial charge in [0.05, 0.1) is 16.9 Å². The molecule has 2 heteroatoms. The van der Waals surface area contributed by atoms with Crippen molar-refractivity contribution in [3.8, 4) is 16.9 Å². The SMILES string of the molecule is Cc1ccc(-c2cc3cc(C)cc4c3n2-c2ccccc2S4)cc1. The maximum Gasteiger partial charge on any atom is 0.0675 e. The van der Waals surface area contributed by atoms with Crippen LogP contribution in [0.15, 0.2) is 76.5 Å². The molecule has 0 spiro atoms. The number of para-hydroxylation sites is 1. The number of nitrogens with zero attached hydrogens (tertiary/aromatic N) is 1. The average molecular weight is 327 g/mol. The largest absolute Gasteiger partial charge is 0.307 e. The van der Waals surface area contributed by atoms with Crippen molar-refractivity contribution in [1.82, 2.24) is 4.57 Å². The smallest absolute Gasteiger partial charge is 0.0675 e. The van der Waals surface area contributed by atoms with Crippen LogP contribution < -0.4 is 0 Å². The highest BCUT2D eigenvalue weighted by atomic mass is 32.2. The molecule has 0 N–H and O–H groups in total. The normalized spacial score (nSPS) is 12.4. The molecule has 0 radical (unpaired) electrons. The van der Waals surface area contributed by atoms with Crippen LogP contribution in [0.2, 0.25) is 0 Å². The molecule has 0 fully saturated rings. The summed E-state index contributed by atoms with van der Waals surface area (Å²) in [6, 6.07) is 24.5. The Morgan fingerprint density at radius 2 is 1.54 bits per heavy atom. The Balaban J connectivity index is 1.91. The first-order valence-corrected chi connectivity index (χ1v) is 9.03. The number of aromatic nitrogens is 1. The molecule has 5 rings (SSSR count). The molecule has 2 heterocycles. The second-order valence-electron chi connectivity index (χ2n) is 6.50. The number of hydrogen-bond acceptors (Lipinski definition) is 1. The molecule has 0 amide bonds. The van der Waals surface area contributed by atoms with Gasteiger partial charge in [-0.2, -0.15) is 0 Å². The van der Waals surface area contributed by atoms with Crippen LogP contribution in [0.3, 0.4) is 0 Å². The van der Waals surface area contributed by atoms with Gasteiger partial charge in [-0.15, -0.1) is 0 Å². The Morgan fingerprint density at radius 1 is 0.750 bits per heavy atom. The van der Waals surface area contributed by atoms with Gasteiger partial charge >= 0.3 is 0 Å². The minimum Gasteiger partial charge on any atom is -0.307 e. The summed E-state index contributed by atoms with van der Waals surface area (Å²) in [5.41, 5.74) is 7.76. The molecule has 0 saturated heterocycles. The Labute approximate surface area is 145 Å². The molecule has 24 heavy (non-hydrogen) atoms. The Bertz CT molecular complexity index is 1090. The molecule has 1 aliphatic rings. The van der Waals surface area contributed by atoms with Crippen LogP contribution >= 0.6 is 11.8 Å². The molecule has 1 aromatic heterocycles. The van der Waals surface area contributed by atoms with Crippen molar-refractivity contribution >= 4 is 22.7 Å². The zero-order valence-electron chi connectivity index (χ0n) is 13.7. The van der Waals surface area contributed by atoms with Gasteiger partial charge in [0, 0.05) is 15.2 Å². The van der Waals surface area contributed by atoms with Gasteiger partial charge in [-0.25, -0.2) is 0 Å². The summed E-state index contributed by atoms with van der Waals surface area (Å²) < 4.78 is 2.43. The minimum absolute atomic E-state index is 1.27. The van der Waals surface area contributed by atoms with Gasteiger partial charge in [-0.3, -0.25) is 0 Å². The fourth-order valence-corrected chi connectivity index (χ4v) is 4.76. The van der Waals surface area contributed by atoms with Crippen LogP contribution in [-0.2, 0) is 0 Å². The first-order valence-electron chi connectivity index (χ1n) is 8.21. The molecule has 116 valence electrons. The number of hydrogen-bond donors (Lipinski definition) is 0. The fourth-order valence-electron chi connectivity index (χ4n) is 3.57. The molecule has 0 aliphatic carbocycles. The quantitative estimate of drug-likeness (QED) is 0.346.